The number of carbonyl (C=O) groups is 2. The number of hydrogen-bond donors (Lipinski definition) is 2. The van der Waals surface area contributed by atoms with Gasteiger partial charge < -0.3 is 15.5 Å². The van der Waals surface area contributed by atoms with Crippen molar-refractivity contribution in [1.29, 1.82) is 0 Å². The Morgan fingerprint density at radius 3 is 2.30 bits per heavy atom. The van der Waals surface area contributed by atoms with Crippen LogP contribution in [0.4, 0.5) is 0 Å². The third-order valence-electron chi connectivity index (χ3n) is 3.67. The Morgan fingerprint density at radius 1 is 1.25 bits per heavy atom. The number of hydrogen-bond acceptors (Lipinski definition) is 3. The molecule has 5 nitrogen and oxygen atoms in total. The lowest BCUT2D eigenvalue weighted by molar-refractivity contribution is -0.142. The maximum absolute atomic E-state index is 12.7. The van der Waals surface area contributed by atoms with Gasteiger partial charge >= 0.3 is 0 Å². The summed E-state index contributed by atoms with van der Waals surface area (Å²) in [5.74, 6) is -0.00369. The number of rotatable bonds is 4. The highest BCUT2D eigenvalue weighted by Gasteiger charge is 2.40. The maximum atomic E-state index is 12.7. The zero-order valence-electron chi connectivity index (χ0n) is 13.6. The molecular weight excluding hydrogens is 254 g/mol. The van der Waals surface area contributed by atoms with Crippen LogP contribution in [0, 0.1) is 5.41 Å². The van der Waals surface area contributed by atoms with Gasteiger partial charge in [0.15, 0.2) is 0 Å². The molecule has 5 heteroatoms. The van der Waals surface area contributed by atoms with Crippen LogP contribution in [0.25, 0.3) is 0 Å². The van der Waals surface area contributed by atoms with Crippen molar-refractivity contribution in [3.63, 3.8) is 0 Å². The van der Waals surface area contributed by atoms with E-state index < -0.39 is 0 Å². The van der Waals surface area contributed by atoms with Crippen LogP contribution in [0.2, 0.25) is 0 Å². The maximum Gasteiger partial charge on any atom is 0.243 e. The predicted octanol–water partition coefficient (Wildman–Crippen LogP) is 1.14. The van der Waals surface area contributed by atoms with E-state index in [9.17, 15) is 9.59 Å². The van der Waals surface area contributed by atoms with Crippen molar-refractivity contribution < 1.29 is 9.59 Å². The van der Waals surface area contributed by atoms with Crippen LogP contribution < -0.4 is 10.6 Å². The van der Waals surface area contributed by atoms with Crippen LogP contribution in [0.5, 0.6) is 0 Å². The Hall–Kier alpha value is -1.10. The van der Waals surface area contributed by atoms with Crippen LogP contribution in [-0.2, 0) is 9.59 Å². The molecule has 2 unspecified atom stereocenters. The second-order valence-electron chi connectivity index (χ2n) is 6.94. The minimum absolute atomic E-state index is 0.0291. The summed E-state index contributed by atoms with van der Waals surface area (Å²) in [5.41, 5.74) is -0.173. The quantitative estimate of drug-likeness (QED) is 0.813. The van der Waals surface area contributed by atoms with E-state index in [-0.39, 0.29) is 35.4 Å². The van der Waals surface area contributed by atoms with Crippen LogP contribution in [0.15, 0.2) is 0 Å². The van der Waals surface area contributed by atoms with Crippen molar-refractivity contribution in [2.75, 3.05) is 13.6 Å². The van der Waals surface area contributed by atoms with Crippen LogP contribution >= 0.6 is 0 Å². The van der Waals surface area contributed by atoms with Crippen molar-refractivity contribution in [3.05, 3.63) is 0 Å². The molecule has 0 bridgehead atoms. The van der Waals surface area contributed by atoms with E-state index in [2.05, 4.69) is 10.6 Å². The predicted molar refractivity (Wildman–Crippen MR) is 80.3 cm³/mol. The molecule has 2 atom stereocenters. The number of amides is 2. The molecule has 116 valence electrons. The molecule has 1 heterocycles. The summed E-state index contributed by atoms with van der Waals surface area (Å²) in [6.07, 6.45) is 1.65. The summed E-state index contributed by atoms with van der Waals surface area (Å²) in [6, 6.07) is -0.485. The molecule has 0 aromatic heterocycles. The fourth-order valence-electron chi connectivity index (χ4n) is 2.78. The topological polar surface area (TPSA) is 61.4 Å². The number of nitrogens with zero attached hydrogens (tertiary/aromatic N) is 1. The minimum Gasteiger partial charge on any atom is -0.352 e. The standard InChI is InChI=1S/C15H29N3O2/c1-10(2)17-13(19)11-8-7-9-18(11)14(20)12(16-6)15(3,4)5/h10-12,16H,7-9H2,1-6H3,(H,17,19). The van der Waals surface area contributed by atoms with E-state index in [1.807, 2.05) is 34.6 Å². The highest BCUT2D eigenvalue weighted by molar-refractivity contribution is 5.90. The largest absolute Gasteiger partial charge is 0.352 e. The fraction of sp³-hybridized carbons (Fsp3) is 0.867. The molecule has 0 spiro atoms. The van der Waals surface area contributed by atoms with Gasteiger partial charge in [0.25, 0.3) is 0 Å². The van der Waals surface area contributed by atoms with Gasteiger partial charge in [-0.1, -0.05) is 20.8 Å². The zero-order chi connectivity index (χ0) is 15.5. The first-order chi connectivity index (χ1) is 9.18. The molecular formula is C15H29N3O2. The van der Waals surface area contributed by atoms with E-state index in [1.54, 1.807) is 11.9 Å². The second-order valence-corrected chi connectivity index (χ2v) is 6.94. The van der Waals surface area contributed by atoms with Crippen LogP contribution in [-0.4, -0.2) is 48.4 Å². The molecule has 20 heavy (non-hydrogen) atoms. The smallest absolute Gasteiger partial charge is 0.243 e. The average Bonchev–Trinajstić information content (AvgIpc) is 2.75. The van der Waals surface area contributed by atoms with Gasteiger partial charge in [0.2, 0.25) is 11.8 Å². The SMILES string of the molecule is CNC(C(=O)N1CCCC1C(=O)NC(C)C)C(C)(C)C. The fourth-order valence-corrected chi connectivity index (χ4v) is 2.78. The molecule has 0 saturated carbocycles. The molecule has 0 aromatic carbocycles. The summed E-state index contributed by atoms with van der Waals surface area (Å²) >= 11 is 0. The van der Waals surface area contributed by atoms with Crippen molar-refractivity contribution in [2.45, 2.75) is 65.6 Å². The Bertz CT molecular complexity index is 361. The Labute approximate surface area is 122 Å². The molecule has 1 fully saturated rings. The molecule has 1 saturated heterocycles. The summed E-state index contributed by atoms with van der Waals surface area (Å²) in [6.45, 7) is 10.6. The Kier molecular flexibility index (Phi) is 5.57. The van der Waals surface area contributed by atoms with Crippen LogP contribution in [0.1, 0.15) is 47.5 Å². The normalized spacial score (nSPS) is 21.1. The van der Waals surface area contributed by atoms with Gasteiger partial charge in [-0.25, -0.2) is 0 Å². The molecule has 1 rings (SSSR count). The van der Waals surface area contributed by atoms with Gasteiger partial charge in [-0.05, 0) is 39.2 Å². The highest BCUT2D eigenvalue weighted by Crippen LogP contribution is 2.25. The van der Waals surface area contributed by atoms with E-state index >= 15 is 0 Å². The van der Waals surface area contributed by atoms with Gasteiger partial charge in [-0.2, -0.15) is 0 Å². The second kappa shape index (κ2) is 6.57. The molecule has 0 radical (unpaired) electrons. The van der Waals surface area contributed by atoms with Gasteiger partial charge in [0.05, 0.1) is 6.04 Å². The first-order valence-electron chi connectivity index (χ1n) is 7.46. The van der Waals surface area contributed by atoms with Crippen molar-refractivity contribution >= 4 is 11.8 Å². The van der Waals surface area contributed by atoms with Crippen molar-refractivity contribution in [3.8, 4) is 0 Å². The summed E-state index contributed by atoms with van der Waals surface area (Å²) in [4.78, 5) is 26.7. The minimum atomic E-state index is -0.317. The van der Waals surface area contributed by atoms with Crippen molar-refractivity contribution in [1.82, 2.24) is 15.5 Å². The third-order valence-corrected chi connectivity index (χ3v) is 3.67. The summed E-state index contributed by atoms with van der Waals surface area (Å²) in [7, 11) is 1.80. The van der Waals surface area contributed by atoms with E-state index in [0.717, 1.165) is 12.8 Å². The molecule has 2 amide bonds. The highest BCUT2D eigenvalue weighted by atomic mass is 16.2. The number of likely N-dealkylation sites (N-methyl/N-ethyl adjacent to an activating group) is 1. The molecule has 0 aromatic rings. The average molecular weight is 283 g/mol. The van der Waals surface area contributed by atoms with E-state index in [1.165, 1.54) is 0 Å². The number of carbonyl (C=O) groups excluding carboxylic acids is 2. The lowest BCUT2D eigenvalue weighted by Crippen LogP contribution is -2.56. The summed E-state index contributed by atoms with van der Waals surface area (Å²) < 4.78 is 0. The van der Waals surface area contributed by atoms with Gasteiger partial charge in [0.1, 0.15) is 6.04 Å². The van der Waals surface area contributed by atoms with Gasteiger partial charge in [0, 0.05) is 12.6 Å². The lowest BCUT2D eigenvalue weighted by Gasteiger charge is -2.34. The first-order valence-corrected chi connectivity index (χ1v) is 7.46. The lowest BCUT2D eigenvalue weighted by atomic mass is 9.86. The molecule has 1 aliphatic heterocycles. The molecule has 1 aliphatic rings. The number of nitrogens with one attached hydrogen (secondary N) is 2. The van der Waals surface area contributed by atoms with Gasteiger partial charge in [-0.15, -0.1) is 0 Å². The van der Waals surface area contributed by atoms with E-state index in [0.29, 0.717) is 6.54 Å². The Balaban J connectivity index is 2.83. The Morgan fingerprint density at radius 2 is 1.85 bits per heavy atom. The monoisotopic (exact) mass is 283 g/mol. The van der Waals surface area contributed by atoms with Crippen molar-refractivity contribution in [2.24, 2.45) is 5.41 Å². The third kappa shape index (κ3) is 3.95. The van der Waals surface area contributed by atoms with E-state index in [4.69, 9.17) is 0 Å². The van der Waals surface area contributed by atoms with Crippen LogP contribution in [0.3, 0.4) is 0 Å². The summed E-state index contributed by atoms with van der Waals surface area (Å²) in [5, 5.41) is 6.01. The van der Waals surface area contributed by atoms with Gasteiger partial charge in [-0.3, -0.25) is 9.59 Å². The molecule has 0 aliphatic carbocycles. The zero-order valence-corrected chi connectivity index (χ0v) is 13.6. The molecule has 2 N–H and O–H groups in total. The number of likely N-dealkylation sites (tertiary alicyclic amines) is 1. The first kappa shape index (κ1) is 17.0.